The molecule has 1 aliphatic carbocycles. The molecule has 0 bridgehead atoms. The van der Waals surface area contributed by atoms with Crippen LogP contribution < -0.4 is 5.73 Å². The molecule has 1 saturated carbocycles. The number of pyridine rings is 1. The largest absolute Gasteiger partial charge is 0.338 e. The molecule has 1 aliphatic heterocycles. The summed E-state index contributed by atoms with van der Waals surface area (Å²) in [6.07, 6.45) is 5.74. The van der Waals surface area contributed by atoms with Crippen molar-refractivity contribution in [1.29, 1.82) is 0 Å². The molecule has 1 amide bonds. The summed E-state index contributed by atoms with van der Waals surface area (Å²) in [5.41, 5.74) is 10.1. The van der Waals surface area contributed by atoms with Crippen LogP contribution in [0.25, 0.3) is 11.1 Å². The summed E-state index contributed by atoms with van der Waals surface area (Å²) in [5, 5.41) is 0. The highest BCUT2D eigenvalue weighted by molar-refractivity contribution is 5.95. The summed E-state index contributed by atoms with van der Waals surface area (Å²) in [5.74, 6) is 1.14. The van der Waals surface area contributed by atoms with Crippen molar-refractivity contribution in [2.75, 3.05) is 13.1 Å². The third-order valence-electron chi connectivity index (χ3n) is 5.57. The zero-order valence-electron chi connectivity index (χ0n) is 14.0. The van der Waals surface area contributed by atoms with Crippen LogP contribution in [0, 0.1) is 18.8 Å². The van der Waals surface area contributed by atoms with Gasteiger partial charge >= 0.3 is 0 Å². The van der Waals surface area contributed by atoms with Crippen LogP contribution in [-0.4, -0.2) is 34.9 Å². The highest BCUT2D eigenvalue weighted by atomic mass is 16.2. The molecule has 2 aromatic rings. The Morgan fingerprint density at radius 1 is 1.12 bits per heavy atom. The van der Waals surface area contributed by atoms with Crippen LogP contribution in [0.5, 0.6) is 0 Å². The van der Waals surface area contributed by atoms with Gasteiger partial charge in [0.25, 0.3) is 5.91 Å². The predicted molar refractivity (Wildman–Crippen MR) is 94.5 cm³/mol. The van der Waals surface area contributed by atoms with Crippen molar-refractivity contribution in [3.8, 4) is 11.1 Å². The monoisotopic (exact) mass is 321 g/mol. The van der Waals surface area contributed by atoms with Gasteiger partial charge in [-0.3, -0.25) is 9.78 Å². The minimum Gasteiger partial charge on any atom is -0.338 e. The van der Waals surface area contributed by atoms with Crippen LogP contribution in [0.3, 0.4) is 0 Å². The average Bonchev–Trinajstić information content (AvgIpc) is 3.17. The van der Waals surface area contributed by atoms with Crippen molar-refractivity contribution in [3.63, 3.8) is 0 Å². The fourth-order valence-corrected chi connectivity index (χ4v) is 4.12. The molecule has 1 aromatic carbocycles. The highest BCUT2D eigenvalue weighted by Gasteiger charge is 2.42. The fourth-order valence-electron chi connectivity index (χ4n) is 4.12. The maximum absolute atomic E-state index is 12.9. The number of carbonyl (C=O) groups is 1. The first-order valence-electron chi connectivity index (χ1n) is 8.69. The van der Waals surface area contributed by atoms with Crippen molar-refractivity contribution in [3.05, 3.63) is 53.9 Å². The number of benzene rings is 1. The SMILES string of the molecule is Cc1ccc(-c2cncc(C(=O)N3CC4CCC(N)C4C3)c2)cc1. The number of nitrogens with two attached hydrogens (primary N) is 1. The van der Waals surface area contributed by atoms with E-state index in [0.29, 0.717) is 17.4 Å². The van der Waals surface area contributed by atoms with E-state index in [2.05, 4.69) is 36.2 Å². The summed E-state index contributed by atoms with van der Waals surface area (Å²) < 4.78 is 0. The standard InChI is InChI=1S/C20H23N3O/c1-13-2-4-14(5-3-13)16-8-17(10-22-9-16)20(24)23-11-15-6-7-19(21)18(15)12-23/h2-5,8-10,15,18-19H,6-7,11-12,21H2,1H3. The molecule has 1 aromatic heterocycles. The van der Waals surface area contributed by atoms with E-state index >= 15 is 0 Å². The van der Waals surface area contributed by atoms with Gasteiger partial charge in [0.15, 0.2) is 0 Å². The first-order chi connectivity index (χ1) is 11.6. The van der Waals surface area contributed by atoms with Gasteiger partial charge in [0.1, 0.15) is 0 Å². The Labute approximate surface area is 142 Å². The summed E-state index contributed by atoms with van der Waals surface area (Å²) in [7, 11) is 0. The Kier molecular flexibility index (Phi) is 3.85. The number of hydrogen-bond acceptors (Lipinski definition) is 3. The van der Waals surface area contributed by atoms with Crippen LogP contribution in [-0.2, 0) is 0 Å². The highest BCUT2D eigenvalue weighted by Crippen LogP contribution is 2.37. The van der Waals surface area contributed by atoms with Gasteiger partial charge in [0.2, 0.25) is 0 Å². The van der Waals surface area contributed by atoms with E-state index in [1.165, 1.54) is 5.56 Å². The predicted octanol–water partition coefficient (Wildman–Crippen LogP) is 2.87. The number of hydrogen-bond donors (Lipinski definition) is 1. The van der Waals surface area contributed by atoms with Gasteiger partial charge < -0.3 is 10.6 Å². The van der Waals surface area contributed by atoms with Gasteiger partial charge in [0.05, 0.1) is 5.56 Å². The van der Waals surface area contributed by atoms with Crippen LogP contribution in [0.1, 0.15) is 28.8 Å². The van der Waals surface area contributed by atoms with Gasteiger partial charge in [-0.15, -0.1) is 0 Å². The van der Waals surface area contributed by atoms with Crippen LogP contribution in [0.2, 0.25) is 0 Å². The van der Waals surface area contributed by atoms with Crippen molar-refractivity contribution in [1.82, 2.24) is 9.88 Å². The van der Waals surface area contributed by atoms with E-state index in [4.69, 9.17) is 5.73 Å². The average molecular weight is 321 g/mol. The second kappa shape index (κ2) is 6.02. The molecule has 1 saturated heterocycles. The molecule has 0 radical (unpaired) electrons. The number of rotatable bonds is 2. The van der Waals surface area contributed by atoms with Gasteiger partial charge in [-0.05, 0) is 43.2 Å². The number of amides is 1. The molecule has 2 aliphatic rings. The second-order valence-electron chi connectivity index (χ2n) is 7.20. The minimum absolute atomic E-state index is 0.0815. The van der Waals surface area contributed by atoms with Gasteiger partial charge in [-0.25, -0.2) is 0 Å². The normalized spacial score (nSPS) is 25.8. The lowest BCUT2D eigenvalue weighted by atomic mass is 9.98. The molecule has 3 unspecified atom stereocenters. The quantitative estimate of drug-likeness (QED) is 0.925. The van der Waals surface area contributed by atoms with E-state index < -0.39 is 0 Å². The van der Waals surface area contributed by atoms with Gasteiger partial charge in [0, 0.05) is 37.1 Å². The lowest BCUT2D eigenvalue weighted by molar-refractivity contribution is 0.0779. The van der Waals surface area contributed by atoms with Crippen LogP contribution in [0.15, 0.2) is 42.7 Å². The summed E-state index contributed by atoms with van der Waals surface area (Å²) in [6.45, 7) is 3.70. The summed E-state index contributed by atoms with van der Waals surface area (Å²) >= 11 is 0. The number of aryl methyl sites for hydroxylation is 1. The van der Waals surface area contributed by atoms with Crippen molar-refractivity contribution in [2.24, 2.45) is 17.6 Å². The minimum atomic E-state index is 0.0815. The zero-order valence-corrected chi connectivity index (χ0v) is 14.0. The van der Waals surface area contributed by atoms with Gasteiger partial charge in [-0.1, -0.05) is 29.8 Å². The van der Waals surface area contributed by atoms with E-state index in [1.54, 1.807) is 6.20 Å². The molecule has 3 atom stereocenters. The van der Waals surface area contributed by atoms with Crippen LogP contribution in [0.4, 0.5) is 0 Å². The number of likely N-dealkylation sites (tertiary alicyclic amines) is 1. The van der Waals surface area contributed by atoms with E-state index in [-0.39, 0.29) is 11.9 Å². The molecule has 2 fully saturated rings. The Bertz CT molecular complexity index is 756. The summed E-state index contributed by atoms with van der Waals surface area (Å²) in [4.78, 5) is 19.1. The lowest BCUT2D eigenvalue weighted by Gasteiger charge is -2.19. The van der Waals surface area contributed by atoms with Gasteiger partial charge in [-0.2, -0.15) is 0 Å². The molecule has 24 heavy (non-hydrogen) atoms. The van der Waals surface area contributed by atoms with Crippen LogP contribution >= 0.6 is 0 Å². The number of fused-ring (bicyclic) bond motifs is 1. The molecular weight excluding hydrogens is 298 g/mol. The van der Waals surface area contributed by atoms with Crippen molar-refractivity contribution in [2.45, 2.75) is 25.8 Å². The van der Waals surface area contributed by atoms with Crippen molar-refractivity contribution < 1.29 is 4.79 Å². The van der Waals surface area contributed by atoms with E-state index in [9.17, 15) is 4.79 Å². The maximum Gasteiger partial charge on any atom is 0.255 e. The molecule has 4 heteroatoms. The number of aromatic nitrogens is 1. The third kappa shape index (κ3) is 2.71. The molecule has 4 rings (SSSR count). The number of nitrogens with zero attached hydrogens (tertiary/aromatic N) is 2. The number of carbonyl (C=O) groups excluding carboxylic acids is 1. The maximum atomic E-state index is 12.9. The molecule has 124 valence electrons. The lowest BCUT2D eigenvalue weighted by Crippen LogP contribution is -2.33. The van der Waals surface area contributed by atoms with E-state index in [1.807, 2.05) is 17.2 Å². The Morgan fingerprint density at radius 2 is 1.92 bits per heavy atom. The fraction of sp³-hybridized carbons (Fsp3) is 0.400. The molecule has 2 heterocycles. The molecule has 0 spiro atoms. The van der Waals surface area contributed by atoms with Crippen molar-refractivity contribution >= 4 is 5.91 Å². The topological polar surface area (TPSA) is 59.2 Å². The molecule has 4 nitrogen and oxygen atoms in total. The Hall–Kier alpha value is -2.20. The Morgan fingerprint density at radius 3 is 2.67 bits per heavy atom. The third-order valence-corrected chi connectivity index (χ3v) is 5.57. The Balaban J connectivity index is 1.55. The molecule has 2 N–H and O–H groups in total. The first kappa shape index (κ1) is 15.3. The summed E-state index contributed by atoms with van der Waals surface area (Å²) in [6, 6.07) is 10.5. The second-order valence-corrected chi connectivity index (χ2v) is 7.20. The first-order valence-corrected chi connectivity index (χ1v) is 8.69. The molecular formula is C20H23N3O. The zero-order chi connectivity index (χ0) is 16.7. The van der Waals surface area contributed by atoms with E-state index in [0.717, 1.165) is 37.1 Å². The smallest absolute Gasteiger partial charge is 0.255 e.